The summed E-state index contributed by atoms with van der Waals surface area (Å²) in [7, 11) is 1.59. The number of aromatic nitrogens is 4. The number of rotatable bonds is 4. The van der Waals surface area contributed by atoms with E-state index in [0.717, 1.165) is 25.9 Å². The van der Waals surface area contributed by atoms with Gasteiger partial charge in [-0.2, -0.15) is 9.97 Å². The fourth-order valence-electron chi connectivity index (χ4n) is 3.10. The maximum Gasteiger partial charge on any atom is 0.260 e. The number of amides is 1. The highest BCUT2D eigenvalue weighted by Gasteiger charge is 2.29. The average molecular weight is 354 g/mol. The molecule has 1 atom stereocenters. The zero-order valence-electron chi connectivity index (χ0n) is 14.3. The van der Waals surface area contributed by atoms with Crippen molar-refractivity contribution in [1.29, 1.82) is 0 Å². The smallest absolute Gasteiger partial charge is 0.260 e. The van der Waals surface area contributed by atoms with Crippen LogP contribution in [-0.4, -0.2) is 52.4 Å². The number of hydrogen-bond acceptors (Lipinski definition) is 8. The highest BCUT2D eigenvalue weighted by Crippen LogP contribution is 2.30. The Bertz CT molecular complexity index is 854. The van der Waals surface area contributed by atoms with Crippen LogP contribution in [0.2, 0.25) is 0 Å². The first kappa shape index (κ1) is 16.4. The minimum atomic E-state index is -0.553. The topological polar surface area (TPSA) is 107 Å². The monoisotopic (exact) mass is 354 g/mol. The molecule has 2 aliphatic heterocycles. The second kappa shape index (κ2) is 7.03. The molecule has 0 aromatic carbocycles. The van der Waals surface area contributed by atoms with Crippen molar-refractivity contribution >= 4 is 18.1 Å². The lowest BCUT2D eigenvalue weighted by Gasteiger charge is -2.30. The van der Waals surface area contributed by atoms with Crippen molar-refractivity contribution in [3.8, 4) is 5.88 Å². The number of ether oxygens (including phenoxy) is 1. The minimum absolute atomic E-state index is 0.157. The van der Waals surface area contributed by atoms with Gasteiger partial charge in [0.2, 0.25) is 17.7 Å². The number of nitrogens with zero attached hydrogens (tertiary/aromatic N) is 6. The van der Waals surface area contributed by atoms with Crippen molar-refractivity contribution in [3.05, 3.63) is 36.1 Å². The van der Waals surface area contributed by atoms with E-state index in [4.69, 9.17) is 9.26 Å². The normalized spacial score (nSPS) is 20.6. The number of carbonyl (C=O) groups excluding carboxylic acids is 1. The third-order valence-electron chi connectivity index (χ3n) is 4.55. The lowest BCUT2D eigenvalue weighted by atomic mass is 9.97. The molecule has 9 heteroatoms. The Morgan fingerprint density at radius 3 is 2.88 bits per heavy atom. The first-order chi connectivity index (χ1) is 12.7. The van der Waals surface area contributed by atoms with Crippen molar-refractivity contribution in [3.63, 3.8) is 0 Å². The Morgan fingerprint density at radius 2 is 2.12 bits per heavy atom. The van der Waals surface area contributed by atoms with E-state index >= 15 is 0 Å². The van der Waals surface area contributed by atoms with Gasteiger partial charge in [-0.3, -0.25) is 4.79 Å². The SMILES string of the molecule is COc1ccnc(N2CCC(c3nc(C4C=CC=NC4=O)no3)CC2)n1. The molecule has 26 heavy (non-hydrogen) atoms. The Morgan fingerprint density at radius 1 is 1.27 bits per heavy atom. The van der Waals surface area contributed by atoms with Crippen LogP contribution in [0.25, 0.3) is 0 Å². The van der Waals surface area contributed by atoms with Crippen LogP contribution in [0, 0.1) is 0 Å². The maximum absolute atomic E-state index is 11.8. The Hall–Kier alpha value is -3.10. The van der Waals surface area contributed by atoms with Gasteiger partial charge < -0.3 is 14.2 Å². The summed E-state index contributed by atoms with van der Waals surface area (Å²) in [5.74, 6) is 1.48. The number of carbonyl (C=O) groups is 1. The predicted molar refractivity (Wildman–Crippen MR) is 92.5 cm³/mol. The number of methoxy groups -OCH3 is 1. The van der Waals surface area contributed by atoms with Crippen molar-refractivity contribution in [2.45, 2.75) is 24.7 Å². The van der Waals surface area contributed by atoms with Gasteiger partial charge in [0.25, 0.3) is 5.91 Å². The molecule has 2 aromatic rings. The quantitative estimate of drug-likeness (QED) is 0.813. The molecule has 9 nitrogen and oxygen atoms in total. The molecule has 0 N–H and O–H groups in total. The summed E-state index contributed by atoms with van der Waals surface area (Å²) in [6, 6.07) is 1.72. The molecule has 4 heterocycles. The van der Waals surface area contributed by atoms with E-state index in [9.17, 15) is 4.79 Å². The van der Waals surface area contributed by atoms with Crippen LogP contribution in [-0.2, 0) is 4.79 Å². The second-order valence-electron chi connectivity index (χ2n) is 6.13. The zero-order valence-corrected chi connectivity index (χ0v) is 14.3. The molecule has 0 aliphatic carbocycles. The van der Waals surface area contributed by atoms with Crippen molar-refractivity contribution in [2.75, 3.05) is 25.1 Å². The van der Waals surface area contributed by atoms with E-state index in [1.165, 1.54) is 6.21 Å². The van der Waals surface area contributed by atoms with Gasteiger partial charge >= 0.3 is 0 Å². The Kier molecular flexibility index (Phi) is 4.42. The summed E-state index contributed by atoms with van der Waals surface area (Å²) in [6.45, 7) is 1.56. The molecule has 0 spiro atoms. The molecular weight excluding hydrogens is 336 g/mol. The zero-order chi connectivity index (χ0) is 17.9. The average Bonchev–Trinajstić information content (AvgIpc) is 3.18. The summed E-state index contributed by atoms with van der Waals surface area (Å²) >= 11 is 0. The predicted octanol–water partition coefficient (Wildman–Crippen LogP) is 1.50. The summed E-state index contributed by atoms with van der Waals surface area (Å²) in [5, 5.41) is 3.98. The Labute approximate surface area is 149 Å². The summed E-state index contributed by atoms with van der Waals surface area (Å²) in [6.07, 6.45) is 8.29. The van der Waals surface area contributed by atoms with E-state index in [1.54, 1.807) is 31.5 Å². The molecule has 0 radical (unpaired) electrons. The van der Waals surface area contributed by atoms with Crippen molar-refractivity contribution in [1.82, 2.24) is 20.1 Å². The van der Waals surface area contributed by atoms with Gasteiger partial charge in [0.15, 0.2) is 5.82 Å². The van der Waals surface area contributed by atoms with Gasteiger partial charge in [0.05, 0.1) is 7.11 Å². The molecule has 1 fully saturated rings. The third kappa shape index (κ3) is 3.19. The van der Waals surface area contributed by atoms with Gasteiger partial charge in [-0.25, -0.2) is 9.98 Å². The van der Waals surface area contributed by atoms with Gasteiger partial charge in [-0.15, -0.1) is 0 Å². The molecule has 134 valence electrons. The van der Waals surface area contributed by atoms with Crippen LogP contribution in [0.3, 0.4) is 0 Å². The molecular formula is C17H18N6O3. The molecule has 4 rings (SSSR count). The van der Waals surface area contributed by atoms with Crippen LogP contribution in [0.4, 0.5) is 5.95 Å². The van der Waals surface area contributed by atoms with Gasteiger partial charge in [-0.05, 0) is 18.9 Å². The van der Waals surface area contributed by atoms with Crippen LogP contribution in [0.1, 0.15) is 36.4 Å². The first-order valence-electron chi connectivity index (χ1n) is 8.45. The lowest BCUT2D eigenvalue weighted by molar-refractivity contribution is -0.118. The van der Waals surface area contributed by atoms with Gasteiger partial charge in [-0.1, -0.05) is 11.2 Å². The fourth-order valence-corrected chi connectivity index (χ4v) is 3.10. The summed E-state index contributed by atoms with van der Waals surface area (Å²) in [4.78, 5) is 30.8. The van der Waals surface area contributed by atoms with E-state index in [1.807, 2.05) is 0 Å². The third-order valence-corrected chi connectivity index (χ3v) is 4.55. The number of dihydropyridines is 1. The largest absolute Gasteiger partial charge is 0.481 e. The fraction of sp³-hybridized carbons (Fsp3) is 0.412. The molecule has 0 bridgehead atoms. The standard InChI is InChI=1S/C17H18N6O3/c1-25-13-4-8-19-17(20-13)23-9-5-11(6-10-23)16-21-14(22-26-16)12-3-2-7-18-15(12)24/h2-4,7-8,11-12H,5-6,9-10H2,1H3. The maximum atomic E-state index is 11.8. The van der Waals surface area contributed by atoms with E-state index < -0.39 is 5.92 Å². The van der Waals surface area contributed by atoms with Gasteiger partial charge in [0, 0.05) is 37.5 Å². The van der Waals surface area contributed by atoms with E-state index in [-0.39, 0.29) is 11.8 Å². The lowest BCUT2D eigenvalue weighted by Crippen LogP contribution is -2.34. The van der Waals surface area contributed by atoms with E-state index in [0.29, 0.717) is 23.5 Å². The van der Waals surface area contributed by atoms with Crippen LogP contribution in [0.15, 0.2) is 33.9 Å². The van der Waals surface area contributed by atoms with Gasteiger partial charge in [0.1, 0.15) is 5.92 Å². The number of anilines is 1. The van der Waals surface area contributed by atoms with Crippen LogP contribution >= 0.6 is 0 Å². The summed E-state index contributed by atoms with van der Waals surface area (Å²) in [5.41, 5.74) is 0. The van der Waals surface area contributed by atoms with Crippen LogP contribution in [0.5, 0.6) is 5.88 Å². The molecule has 1 amide bonds. The number of allylic oxidation sites excluding steroid dienone is 1. The minimum Gasteiger partial charge on any atom is -0.481 e. The number of hydrogen-bond donors (Lipinski definition) is 0. The molecule has 1 unspecified atom stereocenters. The number of piperidine rings is 1. The Balaban J connectivity index is 1.41. The van der Waals surface area contributed by atoms with E-state index in [2.05, 4.69) is 30.0 Å². The van der Waals surface area contributed by atoms with Crippen molar-refractivity contribution < 1.29 is 14.1 Å². The molecule has 0 saturated carbocycles. The molecule has 2 aliphatic rings. The highest BCUT2D eigenvalue weighted by molar-refractivity contribution is 5.96. The molecule has 1 saturated heterocycles. The summed E-state index contributed by atoms with van der Waals surface area (Å²) < 4.78 is 10.6. The number of aliphatic imine (C=N–C) groups is 1. The highest BCUT2D eigenvalue weighted by atomic mass is 16.5. The second-order valence-corrected chi connectivity index (χ2v) is 6.13. The molecule has 2 aromatic heterocycles. The first-order valence-corrected chi connectivity index (χ1v) is 8.45. The van der Waals surface area contributed by atoms with Crippen molar-refractivity contribution in [2.24, 2.45) is 4.99 Å². The van der Waals surface area contributed by atoms with Crippen LogP contribution < -0.4 is 9.64 Å².